The molecule has 0 fully saturated rings. The molecule has 1 aliphatic heterocycles. The number of carbonyl (C=O) groups excluding carboxylic acids is 1. The van der Waals surface area contributed by atoms with E-state index in [-0.39, 0.29) is 0 Å². The molecule has 0 aromatic rings. The molecular formula is C7H11NO2. The number of allylic oxidation sites excluding steroid dienone is 1. The van der Waals surface area contributed by atoms with Crippen molar-refractivity contribution >= 4 is 5.97 Å². The second-order valence-electron chi connectivity index (χ2n) is 2.80. The van der Waals surface area contributed by atoms with Crippen molar-refractivity contribution in [3.8, 4) is 0 Å². The van der Waals surface area contributed by atoms with Gasteiger partial charge in [-0.05, 0) is 6.92 Å². The summed E-state index contributed by atoms with van der Waals surface area (Å²) in [5.41, 5.74) is 1.33. The van der Waals surface area contributed by atoms with Crippen LogP contribution in [0.3, 0.4) is 0 Å². The normalized spacial score (nSPS) is 25.6. The molecule has 0 aliphatic carbocycles. The number of hydrogen-bond acceptors (Lipinski definition) is 2. The molecule has 0 saturated carbocycles. The van der Waals surface area contributed by atoms with Gasteiger partial charge in [-0.1, -0.05) is 0 Å². The first kappa shape index (κ1) is 7.28. The van der Waals surface area contributed by atoms with Crippen LogP contribution in [0.2, 0.25) is 0 Å². The second-order valence-corrected chi connectivity index (χ2v) is 2.80. The van der Waals surface area contributed by atoms with Gasteiger partial charge in [-0.3, -0.25) is 0 Å². The lowest BCUT2D eigenvalue weighted by molar-refractivity contribution is -0.630. The van der Waals surface area contributed by atoms with Gasteiger partial charge < -0.3 is 15.2 Å². The smallest absolute Gasteiger partial charge is 0.108 e. The Hall–Kier alpha value is -0.830. The molecule has 3 nitrogen and oxygen atoms in total. The van der Waals surface area contributed by atoms with Gasteiger partial charge in [0.25, 0.3) is 0 Å². The SMILES string of the molecule is CC1=C(C(=O)[O-])CC(C)[NH2+]1. The molecule has 0 spiro atoms. The highest BCUT2D eigenvalue weighted by Crippen LogP contribution is 2.09. The fourth-order valence-corrected chi connectivity index (χ4v) is 1.31. The molecule has 2 N–H and O–H groups in total. The lowest BCUT2D eigenvalue weighted by atomic mass is 10.1. The maximum absolute atomic E-state index is 10.4. The molecule has 56 valence electrons. The van der Waals surface area contributed by atoms with E-state index in [4.69, 9.17) is 0 Å². The Bertz CT molecular complexity index is 196. The van der Waals surface area contributed by atoms with E-state index in [1.807, 2.05) is 19.2 Å². The zero-order chi connectivity index (χ0) is 7.72. The van der Waals surface area contributed by atoms with Crippen LogP contribution in [0.4, 0.5) is 0 Å². The largest absolute Gasteiger partial charge is 0.545 e. The number of carbonyl (C=O) groups is 1. The number of nitrogens with two attached hydrogens (primary N) is 1. The summed E-state index contributed by atoms with van der Waals surface area (Å²) < 4.78 is 0. The lowest BCUT2D eigenvalue weighted by Gasteiger charge is -1.98. The summed E-state index contributed by atoms with van der Waals surface area (Å²) in [5, 5.41) is 12.3. The molecule has 10 heavy (non-hydrogen) atoms. The number of quaternary nitrogens is 1. The van der Waals surface area contributed by atoms with Crippen LogP contribution >= 0.6 is 0 Å². The number of hydrogen-bond donors (Lipinski definition) is 1. The topological polar surface area (TPSA) is 56.7 Å². The van der Waals surface area contributed by atoms with E-state index >= 15 is 0 Å². The summed E-state index contributed by atoms with van der Waals surface area (Å²) in [4.78, 5) is 10.4. The molecule has 0 aromatic carbocycles. The van der Waals surface area contributed by atoms with Crippen molar-refractivity contribution in [1.82, 2.24) is 0 Å². The molecule has 1 unspecified atom stereocenters. The van der Waals surface area contributed by atoms with Gasteiger partial charge in [0.1, 0.15) is 5.70 Å². The Labute approximate surface area is 59.7 Å². The average Bonchev–Trinajstić information content (AvgIpc) is 2.10. The average molecular weight is 141 g/mol. The van der Waals surface area contributed by atoms with Crippen molar-refractivity contribution in [2.75, 3.05) is 0 Å². The third kappa shape index (κ3) is 1.19. The summed E-state index contributed by atoms with van der Waals surface area (Å²) in [6.07, 6.45) is 0.633. The Morgan fingerprint density at radius 1 is 1.80 bits per heavy atom. The first-order valence-electron chi connectivity index (χ1n) is 3.37. The Kier molecular flexibility index (Phi) is 1.76. The van der Waals surface area contributed by atoms with Crippen molar-refractivity contribution in [2.24, 2.45) is 0 Å². The van der Waals surface area contributed by atoms with E-state index in [0.717, 1.165) is 5.70 Å². The number of carboxylic acids is 1. The highest BCUT2D eigenvalue weighted by molar-refractivity contribution is 5.85. The Balaban J connectivity index is 2.76. The summed E-state index contributed by atoms with van der Waals surface area (Å²) >= 11 is 0. The second kappa shape index (κ2) is 2.42. The Morgan fingerprint density at radius 3 is 2.60 bits per heavy atom. The van der Waals surface area contributed by atoms with Crippen LogP contribution in [0.1, 0.15) is 20.3 Å². The van der Waals surface area contributed by atoms with Crippen molar-refractivity contribution in [2.45, 2.75) is 26.3 Å². The van der Waals surface area contributed by atoms with E-state index in [9.17, 15) is 9.90 Å². The molecule has 1 atom stereocenters. The zero-order valence-corrected chi connectivity index (χ0v) is 6.18. The van der Waals surface area contributed by atoms with Crippen molar-refractivity contribution in [3.05, 3.63) is 11.3 Å². The van der Waals surface area contributed by atoms with E-state index in [0.29, 0.717) is 18.0 Å². The molecule has 0 aromatic heterocycles. The maximum Gasteiger partial charge on any atom is 0.108 e. The van der Waals surface area contributed by atoms with Crippen LogP contribution in [0.15, 0.2) is 11.3 Å². The number of rotatable bonds is 1. The first-order chi connectivity index (χ1) is 4.61. The maximum atomic E-state index is 10.4. The molecule has 1 heterocycles. The van der Waals surface area contributed by atoms with Crippen LogP contribution in [0, 0.1) is 0 Å². The molecule has 1 rings (SSSR count). The van der Waals surface area contributed by atoms with Gasteiger partial charge in [0.15, 0.2) is 0 Å². The highest BCUT2D eigenvalue weighted by Gasteiger charge is 2.21. The minimum atomic E-state index is -1.02. The molecule has 0 bridgehead atoms. The minimum absolute atomic E-state index is 0.368. The third-order valence-electron chi connectivity index (χ3n) is 1.78. The summed E-state index contributed by atoms with van der Waals surface area (Å²) in [5.74, 6) is -1.02. The predicted octanol–water partition coefficient (Wildman–Crippen LogP) is -1.63. The van der Waals surface area contributed by atoms with Crippen LogP contribution < -0.4 is 10.4 Å². The molecule has 0 amide bonds. The van der Waals surface area contributed by atoms with Crippen LogP contribution in [0.25, 0.3) is 0 Å². The van der Waals surface area contributed by atoms with Gasteiger partial charge in [0.2, 0.25) is 0 Å². The quantitative estimate of drug-likeness (QED) is 0.476. The molecule has 0 saturated heterocycles. The van der Waals surface area contributed by atoms with Crippen LogP contribution in [-0.4, -0.2) is 12.0 Å². The number of aliphatic carboxylic acids is 1. The highest BCUT2D eigenvalue weighted by atomic mass is 16.4. The Morgan fingerprint density at radius 2 is 2.40 bits per heavy atom. The minimum Gasteiger partial charge on any atom is -0.545 e. The standard InChI is InChI=1S/C7H11NO2/c1-4-3-6(7(9)10)5(2)8-4/h4,8H,3H2,1-2H3,(H,9,10). The fourth-order valence-electron chi connectivity index (χ4n) is 1.31. The van der Waals surface area contributed by atoms with Crippen LogP contribution in [0.5, 0.6) is 0 Å². The van der Waals surface area contributed by atoms with Gasteiger partial charge in [-0.25, -0.2) is 0 Å². The first-order valence-corrected chi connectivity index (χ1v) is 3.37. The summed E-state index contributed by atoms with van der Waals surface area (Å²) in [7, 11) is 0. The van der Waals surface area contributed by atoms with Crippen molar-refractivity contribution in [1.29, 1.82) is 0 Å². The van der Waals surface area contributed by atoms with Crippen molar-refractivity contribution < 1.29 is 15.2 Å². The fraction of sp³-hybridized carbons (Fsp3) is 0.571. The molecule has 3 heteroatoms. The third-order valence-corrected chi connectivity index (χ3v) is 1.78. The van der Waals surface area contributed by atoms with Gasteiger partial charge in [0.05, 0.1) is 12.0 Å². The molecule has 0 radical (unpaired) electrons. The van der Waals surface area contributed by atoms with E-state index in [2.05, 4.69) is 0 Å². The molecular weight excluding hydrogens is 130 g/mol. The van der Waals surface area contributed by atoms with Gasteiger partial charge in [-0.15, -0.1) is 0 Å². The monoisotopic (exact) mass is 141 g/mol. The van der Waals surface area contributed by atoms with Crippen LogP contribution in [-0.2, 0) is 4.79 Å². The lowest BCUT2D eigenvalue weighted by Crippen LogP contribution is -2.84. The number of carboxylic acid groups (broad SMARTS) is 1. The van der Waals surface area contributed by atoms with Gasteiger partial charge in [-0.2, -0.15) is 0 Å². The van der Waals surface area contributed by atoms with E-state index in [1.165, 1.54) is 0 Å². The van der Waals surface area contributed by atoms with Gasteiger partial charge >= 0.3 is 0 Å². The molecule has 1 aliphatic rings. The van der Waals surface area contributed by atoms with E-state index < -0.39 is 5.97 Å². The van der Waals surface area contributed by atoms with Crippen molar-refractivity contribution in [3.63, 3.8) is 0 Å². The summed E-state index contributed by atoms with van der Waals surface area (Å²) in [6.45, 7) is 3.81. The zero-order valence-electron chi connectivity index (χ0n) is 6.18. The summed E-state index contributed by atoms with van der Waals surface area (Å²) in [6, 6.07) is 0.368. The van der Waals surface area contributed by atoms with Gasteiger partial charge in [0, 0.05) is 18.9 Å². The predicted molar refractivity (Wildman–Crippen MR) is 33.7 cm³/mol. The van der Waals surface area contributed by atoms with E-state index in [1.54, 1.807) is 0 Å².